The Bertz CT molecular complexity index is 1160. The first kappa shape index (κ1) is 48.2. The Morgan fingerprint density at radius 3 is 1.72 bits per heavy atom. The Balaban J connectivity index is -0.0000000873. The van der Waals surface area contributed by atoms with Crippen molar-refractivity contribution < 1.29 is 115 Å². The summed E-state index contributed by atoms with van der Waals surface area (Å²) >= 11 is 0. The van der Waals surface area contributed by atoms with E-state index in [9.17, 15) is 28.7 Å². The number of ether oxygens (including phenoxy) is 2. The molecule has 0 rings (SSSR count). The van der Waals surface area contributed by atoms with Crippen LogP contribution in [0.25, 0.3) is 0 Å². The van der Waals surface area contributed by atoms with Crippen molar-refractivity contribution in [1.82, 2.24) is 0 Å². The summed E-state index contributed by atoms with van der Waals surface area (Å²) in [6, 6.07) is 0. The zero-order valence-electron chi connectivity index (χ0n) is 25.8. The van der Waals surface area contributed by atoms with E-state index in [2.05, 4.69) is 70.5 Å². The monoisotopic (exact) mass is 651 g/mol. The van der Waals surface area contributed by atoms with Crippen molar-refractivity contribution in [2.24, 2.45) is 5.73 Å². The summed E-state index contributed by atoms with van der Waals surface area (Å²) < 4.78 is 24.9. The molecule has 0 radical (unpaired) electrons. The molecule has 1 amide bonds. The molecule has 0 fully saturated rings. The Morgan fingerprint density at radius 2 is 1.26 bits per heavy atom. The Hall–Kier alpha value is -1.68. The van der Waals surface area contributed by atoms with Gasteiger partial charge >= 0.3 is 71.1 Å². The van der Waals surface area contributed by atoms with Gasteiger partial charge in [-0.25, -0.2) is 4.79 Å². The number of carbonyl (C=O) groups is 3. The van der Waals surface area contributed by atoms with Crippen molar-refractivity contribution >= 4 is 25.7 Å². The number of unbranched alkanes of at least 4 members (excludes halogenated alkanes) is 10. The molecule has 0 heterocycles. The summed E-state index contributed by atoms with van der Waals surface area (Å²) in [5.41, 5.74) is 4.47. The molecule has 0 saturated carbocycles. The molecule has 0 unspecified atom stereocenters. The number of terminal acetylenes is 1. The van der Waals surface area contributed by atoms with E-state index in [0.29, 0.717) is 6.42 Å². The SMILES string of the molecule is C#CC#CC#CC#CC#CC(=O)OC[C@H](COP(=O)([O-])[O-])OC(=O)CCCCCCCCCCCCC.CC(N)=O.[HH].[HH].[HH].[HH].[HH].[HH].[HH].[HH].[HH].[Na+].[Na+]. The maximum absolute atomic E-state index is 12.1. The van der Waals surface area contributed by atoms with Crippen molar-refractivity contribution in [3.8, 4) is 59.7 Å². The number of rotatable bonds is 18. The van der Waals surface area contributed by atoms with Crippen LogP contribution in [0.15, 0.2) is 0 Å². The quantitative estimate of drug-likeness (QED) is 0.0456. The Labute approximate surface area is 314 Å². The van der Waals surface area contributed by atoms with Crippen LogP contribution in [0.1, 0.15) is 104 Å². The molecule has 2 N–H and O–H groups in total. The zero-order chi connectivity index (χ0) is 31.2. The van der Waals surface area contributed by atoms with Crippen LogP contribution >= 0.6 is 7.82 Å². The fourth-order valence-corrected chi connectivity index (χ4v) is 3.30. The second-order valence-corrected chi connectivity index (χ2v) is 9.65. The summed E-state index contributed by atoms with van der Waals surface area (Å²) in [6.45, 7) is 2.18. The van der Waals surface area contributed by atoms with Crippen molar-refractivity contribution in [3.63, 3.8) is 0 Å². The molecule has 0 aromatic heterocycles. The molecule has 43 heavy (non-hydrogen) atoms. The van der Waals surface area contributed by atoms with Crippen molar-refractivity contribution in [3.05, 3.63) is 0 Å². The molecule has 0 bridgehead atoms. The van der Waals surface area contributed by atoms with E-state index in [4.69, 9.17) is 15.9 Å². The van der Waals surface area contributed by atoms with Gasteiger partial charge in [0.1, 0.15) is 6.61 Å². The average Bonchev–Trinajstić information content (AvgIpc) is 2.89. The van der Waals surface area contributed by atoms with E-state index >= 15 is 0 Å². The largest absolute Gasteiger partial charge is 1.00 e. The molecule has 0 aliphatic carbocycles. The summed E-state index contributed by atoms with van der Waals surface area (Å²) in [7, 11) is -5.31. The number of phosphoric ester groups is 1. The molecule has 0 aromatic carbocycles. The van der Waals surface area contributed by atoms with Gasteiger partial charge in [0, 0.05) is 32.1 Å². The molecule has 0 aliphatic rings. The van der Waals surface area contributed by atoms with E-state index in [-0.39, 0.29) is 84.3 Å². The van der Waals surface area contributed by atoms with Gasteiger partial charge in [-0.05, 0) is 53.8 Å². The fraction of sp³-hybridized carbons (Fsp3) is 0.567. The Kier molecular flexibility index (Phi) is 39.0. The van der Waals surface area contributed by atoms with Gasteiger partial charge in [0.05, 0.1) is 14.4 Å². The maximum Gasteiger partial charge on any atom is 1.00 e. The van der Waals surface area contributed by atoms with Gasteiger partial charge < -0.3 is 34.1 Å². The predicted octanol–water partition coefficient (Wildman–Crippen LogP) is -1.65. The van der Waals surface area contributed by atoms with Gasteiger partial charge in [0.15, 0.2) is 6.10 Å². The first-order valence-electron chi connectivity index (χ1n) is 13.3. The molecule has 242 valence electrons. The minimum absolute atomic E-state index is 0. The van der Waals surface area contributed by atoms with Crippen LogP contribution in [0.5, 0.6) is 0 Å². The van der Waals surface area contributed by atoms with Crippen molar-refractivity contribution in [1.29, 1.82) is 0 Å². The maximum atomic E-state index is 12.1. The smallest absolute Gasteiger partial charge is 0.790 e. The molecule has 0 saturated heterocycles. The predicted molar refractivity (Wildman–Crippen MR) is 169 cm³/mol. The van der Waals surface area contributed by atoms with E-state index in [1.807, 2.05) is 0 Å². The third-order valence-electron chi connectivity index (χ3n) is 4.71. The summed E-state index contributed by atoms with van der Waals surface area (Å²) in [5.74, 6) is 18.3. The van der Waals surface area contributed by atoms with Crippen LogP contribution < -0.4 is 74.6 Å². The topological polar surface area (TPSA) is 168 Å². The van der Waals surface area contributed by atoms with Gasteiger partial charge in [-0.15, -0.1) is 6.42 Å². The van der Waals surface area contributed by atoms with Crippen LogP contribution in [0, 0.1) is 59.7 Å². The van der Waals surface area contributed by atoms with Crippen LogP contribution in [0.2, 0.25) is 0 Å². The Morgan fingerprint density at radius 1 is 0.814 bits per heavy atom. The van der Waals surface area contributed by atoms with Crippen molar-refractivity contribution in [2.45, 2.75) is 97.0 Å². The van der Waals surface area contributed by atoms with E-state index in [0.717, 1.165) is 19.3 Å². The standard InChI is InChI=1S/C28H35O8P.C2H5NO.2Na.9H2/c1-3-5-7-9-11-13-14-15-17-19-21-23-28(30)36-26(25-35-37(31,32)33)24-34-27(29)22-20-18-16-12-10-8-6-4-2;1-2(3)4;;;;;;;;;;;/h2,26H,3,5,7,9,11,13-15,17,19,21,23-25H2,1H3,(H2,31,32,33);1H3,(H2,3,4);;;9*1H/q;;2*+1;;;;;;;;;/p-2/t26-;;;;;;;;;;;;/m1............/s1. The van der Waals surface area contributed by atoms with Gasteiger partial charge in [0.25, 0.3) is 0 Å². The molecule has 0 aliphatic heterocycles. The third-order valence-corrected chi connectivity index (χ3v) is 5.18. The summed E-state index contributed by atoms with van der Waals surface area (Å²) in [4.78, 5) is 54.5. The van der Waals surface area contributed by atoms with Gasteiger partial charge in [0.2, 0.25) is 5.91 Å². The van der Waals surface area contributed by atoms with E-state index in [1.165, 1.54) is 51.9 Å². The van der Waals surface area contributed by atoms with Crippen LogP contribution in [0.4, 0.5) is 0 Å². The number of nitrogens with two attached hydrogens (primary N) is 1. The second-order valence-electron chi connectivity index (χ2n) is 8.49. The van der Waals surface area contributed by atoms with Crippen LogP contribution in [-0.4, -0.2) is 37.2 Å². The third kappa shape index (κ3) is 44.9. The minimum atomic E-state index is -5.31. The van der Waals surface area contributed by atoms with Crippen LogP contribution in [-0.2, 0) is 32.9 Å². The normalized spacial score (nSPS) is 9.56. The van der Waals surface area contributed by atoms with Gasteiger partial charge in [-0.3, -0.25) is 9.59 Å². The fourth-order valence-electron chi connectivity index (χ4n) is 2.95. The number of esters is 2. The first-order valence-corrected chi connectivity index (χ1v) is 14.7. The molecule has 13 heteroatoms. The number of amides is 1. The molecular formula is C30H56NNa2O9P. The molecule has 0 aromatic rings. The van der Waals surface area contributed by atoms with E-state index < -0.39 is 39.1 Å². The average molecular weight is 652 g/mol. The minimum Gasteiger partial charge on any atom is -0.790 e. The van der Waals surface area contributed by atoms with Gasteiger partial charge in [-0.1, -0.05) is 71.1 Å². The molecular weight excluding hydrogens is 595 g/mol. The number of phosphoric acid groups is 1. The van der Waals surface area contributed by atoms with Crippen LogP contribution in [0.3, 0.4) is 0 Å². The second kappa shape index (κ2) is 34.8. The summed E-state index contributed by atoms with van der Waals surface area (Å²) in [5, 5.41) is 0. The zero-order valence-corrected chi connectivity index (χ0v) is 30.6. The number of carbonyl (C=O) groups excluding carboxylic acids is 3. The molecule has 10 nitrogen and oxygen atoms in total. The first-order chi connectivity index (χ1) is 19.5. The number of hydrogen-bond acceptors (Lipinski definition) is 9. The van der Waals surface area contributed by atoms with E-state index in [1.54, 1.807) is 0 Å². The van der Waals surface area contributed by atoms with Crippen molar-refractivity contribution in [2.75, 3.05) is 13.2 Å². The molecule has 0 spiro atoms. The number of hydrogen-bond donors (Lipinski definition) is 1. The number of primary amides is 1. The molecule has 1 atom stereocenters. The van der Waals surface area contributed by atoms with Gasteiger partial charge in [-0.2, -0.15) is 0 Å². The summed E-state index contributed by atoms with van der Waals surface area (Å²) in [6.07, 6.45) is 16.1.